The summed E-state index contributed by atoms with van der Waals surface area (Å²) in [4.78, 5) is 11.4. The molecule has 14 heavy (non-hydrogen) atoms. The van der Waals surface area contributed by atoms with Gasteiger partial charge in [0.2, 0.25) is 11.8 Å². The Balaban J connectivity index is 2.30. The van der Waals surface area contributed by atoms with Gasteiger partial charge in [0.1, 0.15) is 7.28 Å². The Hall–Kier alpha value is -0.605. The third-order valence-electron chi connectivity index (χ3n) is 2.57. The first-order valence-corrected chi connectivity index (χ1v) is 4.98. The molecule has 5 heteroatoms. The highest BCUT2D eigenvalue weighted by atomic mass is 19.3. The maximum absolute atomic E-state index is 12.8. The maximum Gasteiger partial charge on any atom is 0.248 e. The van der Waals surface area contributed by atoms with Crippen LogP contribution in [0.1, 0.15) is 25.7 Å². The van der Waals surface area contributed by atoms with E-state index < -0.39 is 5.92 Å². The second-order valence-electron chi connectivity index (χ2n) is 3.78. The molecule has 2 nitrogen and oxygen atoms in total. The topological polar surface area (TPSA) is 29.1 Å². The minimum atomic E-state index is -2.55. The van der Waals surface area contributed by atoms with E-state index in [1.165, 1.54) is 0 Å². The van der Waals surface area contributed by atoms with Crippen molar-refractivity contribution in [2.24, 2.45) is 5.92 Å². The molecule has 79 valence electrons. The van der Waals surface area contributed by atoms with Gasteiger partial charge in [-0.15, -0.1) is 0 Å². The molecule has 0 heterocycles. The Morgan fingerprint density at radius 3 is 2.57 bits per heavy atom. The summed E-state index contributed by atoms with van der Waals surface area (Å²) in [5.74, 6) is -2.85. The van der Waals surface area contributed by atoms with Crippen LogP contribution < -0.4 is 5.32 Å². The largest absolute Gasteiger partial charge is 0.364 e. The molecule has 1 fully saturated rings. The number of alkyl halides is 2. The molecule has 1 amide bonds. The number of hydrogen-bond acceptors (Lipinski definition) is 1. The molecule has 1 aliphatic rings. The Bertz CT molecular complexity index is 201. The number of rotatable bonds is 3. The molecule has 1 radical (unpaired) electrons. The molecule has 0 aromatic heterocycles. The van der Waals surface area contributed by atoms with Gasteiger partial charge in [-0.3, -0.25) is 4.79 Å². The van der Waals surface area contributed by atoms with E-state index >= 15 is 0 Å². The standard InChI is InChI=1S/C9H15BF2NO/c1-10-6-13-8(14)7-2-4-9(11,12)5-3-7/h7H,2-6H2,1H3,(H,13,14). The molecule has 0 atom stereocenters. The number of carbonyl (C=O) groups excluding carboxylic acids is 1. The molecule has 1 aliphatic carbocycles. The van der Waals surface area contributed by atoms with Gasteiger partial charge < -0.3 is 5.32 Å². The predicted molar refractivity (Wildman–Crippen MR) is 51.5 cm³/mol. The minimum Gasteiger partial charge on any atom is -0.364 e. The van der Waals surface area contributed by atoms with Gasteiger partial charge in [0.25, 0.3) is 0 Å². The number of hydrogen-bond donors (Lipinski definition) is 1. The van der Waals surface area contributed by atoms with Crippen molar-refractivity contribution in [3.05, 3.63) is 0 Å². The minimum absolute atomic E-state index is 0.0846. The first-order chi connectivity index (χ1) is 6.55. The normalized spacial score (nSPS) is 21.6. The first kappa shape index (κ1) is 11.5. The molecule has 1 N–H and O–H groups in total. The van der Waals surface area contributed by atoms with E-state index in [1.807, 2.05) is 14.1 Å². The number of amides is 1. The van der Waals surface area contributed by atoms with Crippen LogP contribution in [0.25, 0.3) is 0 Å². The smallest absolute Gasteiger partial charge is 0.248 e. The van der Waals surface area contributed by atoms with E-state index in [0.717, 1.165) is 0 Å². The van der Waals surface area contributed by atoms with Crippen LogP contribution in [0, 0.1) is 5.92 Å². The molecule has 1 rings (SSSR count). The summed E-state index contributed by atoms with van der Waals surface area (Å²) in [5.41, 5.74) is 0. The summed E-state index contributed by atoms with van der Waals surface area (Å²) >= 11 is 0. The molecular weight excluding hydrogens is 187 g/mol. The van der Waals surface area contributed by atoms with Crippen molar-refractivity contribution >= 4 is 13.2 Å². The lowest BCUT2D eigenvalue weighted by Crippen LogP contribution is -2.37. The fraction of sp³-hybridized carbons (Fsp3) is 0.889. The second-order valence-corrected chi connectivity index (χ2v) is 3.78. The van der Waals surface area contributed by atoms with Gasteiger partial charge in [-0.2, -0.15) is 0 Å². The van der Waals surface area contributed by atoms with Gasteiger partial charge in [0.05, 0.1) is 0 Å². The molecule has 0 aliphatic heterocycles. The summed E-state index contributed by atoms with van der Waals surface area (Å²) in [6.45, 7) is 1.84. The molecular formula is C9H15BF2NO. The van der Waals surface area contributed by atoms with E-state index in [9.17, 15) is 13.6 Å². The van der Waals surface area contributed by atoms with Crippen molar-refractivity contribution in [3.8, 4) is 0 Å². The van der Waals surface area contributed by atoms with E-state index in [-0.39, 0.29) is 24.7 Å². The SMILES string of the molecule is C[B]CNC(=O)C1CCC(F)(F)CC1. The molecule has 0 unspecified atom stereocenters. The Labute approximate surface area is 83.7 Å². The van der Waals surface area contributed by atoms with Crippen LogP contribution in [0.2, 0.25) is 6.82 Å². The lowest BCUT2D eigenvalue weighted by molar-refractivity contribution is -0.128. The zero-order chi connectivity index (χ0) is 10.6. The van der Waals surface area contributed by atoms with Gasteiger partial charge in [-0.25, -0.2) is 8.78 Å². The van der Waals surface area contributed by atoms with E-state index in [4.69, 9.17) is 0 Å². The molecule has 0 saturated heterocycles. The van der Waals surface area contributed by atoms with Crippen LogP contribution in [0.3, 0.4) is 0 Å². The zero-order valence-electron chi connectivity index (χ0n) is 8.35. The van der Waals surface area contributed by atoms with Crippen molar-refractivity contribution in [3.63, 3.8) is 0 Å². The first-order valence-electron chi connectivity index (χ1n) is 4.98. The molecule has 1 saturated carbocycles. The zero-order valence-corrected chi connectivity index (χ0v) is 8.35. The van der Waals surface area contributed by atoms with Crippen LogP contribution in [0.4, 0.5) is 8.78 Å². The lowest BCUT2D eigenvalue weighted by atomic mass is 9.81. The third-order valence-corrected chi connectivity index (χ3v) is 2.57. The fourth-order valence-electron chi connectivity index (χ4n) is 1.65. The van der Waals surface area contributed by atoms with Crippen molar-refractivity contribution in [1.29, 1.82) is 0 Å². The average molecular weight is 202 g/mol. The van der Waals surface area contributed by atoms with Gasteiger partial charge in [0.15, 0.2) is 0 Å². The summed E-state index contributed by atoms with van der Waals surface area (Å²) in [7, 11) is 1.83. The van der Waals surface area contributed by atoms with Crippen LogP contribution in [-0.4, -0.2) is 25.6 Å². The van der Waals surface area contributed by atoms with Crippen molar-refractivity contribution in [2.75, 3.05) is 6.44 Å². The average Bonchev–Trinajstić information content (AvgIpc) is 2.14. The second kappa shape index (κ2) is 4.76. The highest BCUT2D eigenvalue weighted by Crippen LogP contribution is 2.35. The molecule has 0 spiro atoms. The number of nitrogens with one attached hydrogen (secondary N) is 1. The highest BCUT2D eigenvalue weighted by molar-refractivity contribution is 6.34. The quantitative estimate of drug-likeness (QED) is 0.692. The Kier molecular flexibility index (Phi) is 3.90. The van der Waals surface area contributed by atoms with Crippen molar-refractivity contribution < 1.29 is 13.6 Å². The van der Waals surface area contributed by atoms with Crippen LogP contribution in [0.5, 0.6) is 0 Å². The predicted octanol–water partition coefficient (Wildman–Crippen LogP) is 1.64. The monoisotopic (exact) mass is 202 g/mol. The summed E-state index contributed by atoms with van der Waals surface area (Å²) in [5, 5.41) is 2.69. The van der Waals surface area contributed by atoms with Crippen LogP contribution in [-0.2, 0) is 4.79 Å². The van der Waals surface area contributed by atoms with Gasteiger partial charge >= 0.3 is 0 Å². The van der Waals surface area contributed by atoms with Gasteiger partial charge in [-0.1, -0.05) is 6.82 Å². The summed E-state index contributed by atoms with van der Waals surface area (Å²) < 4.78 is 25.5. The Morgan fingerprint density at radius 1 is 1.50 bits per heavy atom. The highest BCUT2D eigenvalue weighted by Gasteiger charge is 2.37. The summed E-state index contributed by atoms with van der Waals surface area (Å²) in [6.07, 6.45) is 0.832. The van der Waals surface area contributed by atoms with E-state index in [2.05, 4.69) is 5.32 Å². The summed E-state index contributed by atoms with van der Waals surface area (Å²) in [6, 6.07) is 0. The van der Waals surface area contributed by atoms with Crippen molar-refractivity contribution in [1.82, 2.24) is 5.32 Å². The van der Waals surface area contributed by atoms with Crippen molar-refractivity contribution in [2.45, 2.75) is 38.4 Å². The van der Waals surface area contributed by atoms with Gasteiger partial charge in [0, 0.05) is 18.8 Å². The molecule has 0 aromatic rings. The Morgan fingerprint density at radius 2 is 2.07 bits per heavy atom. The molecule has 0 bridgehead atoms. The number of halogens is 2. The van der Waals surface area contributed by atoms with Crippen LogP contribution >= 0.6 is 0 Å². The fourth-order valence-corrected chi connectivity index (χ4v) is 1.65. The number of carbonyl (C=O) groups is 1. The maximum atomic E-state index is 12.8. The third kappa shape index (κ3) is 3.27. The van der Waals surface area contributed by atoms with Crippen LogP contribution in [0.15, 0.2) is 0 Å². The lowest BCUT2D eigenvalue weighted by Gasteiger charge is -2.27. The van der Waals surface area contributed by atoms with E-state index in [0.29, 0.717) is 19.3 Å². The van der Waals surface area contributed by atoms with Gasteiger partial charge in [-0.05, 0) is 19.3 Å². The van der Waals surface area contributed by atoms with E-state index in [1.54, 1.807) is 0 Å². The molecule has 0 aromatic carbocycles.